The second-order valence-corrected chi connectivity index (χ2v) is 7.06. The summed E-state index contributed by atoms with van der Waals surface area (Å²) in [4.78, 5) is 0. The van der Waals surface area contributed by atoms with Crippen LogP contribution < -0.4 is 0 Å². The Morgan fingerprint density at radius 3 is 2.20 bits per heavy atom. The predicted molar refractivity (Wildman–Crippen MR) is 72.2 cm³/mol. The first-order chi connectivity index (χ1) is 7.29. The van der Waals surface area contributed by atoms with Crippen molar-refractivity contribution < 1.29 is 0 Å². The molecule has 0 aliphatic heterocycles. The monoisotopic (exact) mass is 222 g/mol. The van der Waals surface area contributed by atoms with Gasteiger partial charge in [-0.05, 0) is 44.3 Å². The van der Waals surface area contributed by atoms with Crippen molar-refractivity contribution in [2.24, 2.45) is 0 Å². The normalized spacial score (nSPS) is 10.9. The summed E-state index contributed by atoms with van der Waals surface area (Å²) in [5, 5.41) is 0. The van der Waals surface area contributed by atoms with E-state index in [2.05, 4.69) is 43.7 Å². The first kappa shape index (κ1) is 12.7. The first-order valence-electron chi connectivity index (χ1n) is 5.97. The highest BCUT2D eigenvalue weighted by atomic mass is 31.1. The van der Waals surface area contributed by atoms with E-state index in [1.54, 1.807) is 0 Å². The van der Waals surface area contributed by atoms with Gasteiger partial charge in [0.05, 0.1) is 0 Å². The van der Waals surface area contributed by atoms with Gasteiger partial charge in [0.2, 0.25) is 0 Å². The molecule has 0 amide bonds. The van der Waals surface area contributed by atoms with E-state index in [1.807, 2.05) is 0 Å². The van der Waals surface area contributed by atoms with Gasteiger partial charge in [0.1, 0.15) is 0 Å². The Bertz CT molecular complexity index is 241. The van der Waals surface area contributed by atoms with Crippen LogP contribution >= 0.6 is 7.92 Å². The largest absolute Gasteiger partial charge is 0.113 e. The fourth-order valence-electron chi connectivity index (χ4n) is 1.76. The van der Waals surface area contributed by atoms with Gasteiger partial charge in [-0.15, -0.1) is 7.92 Å². The molecule has 0 bridgehead atoms. The lowest BCUT2D eigenvalue weighted by Crippen LogP contribution is -1.87. The molecule has 0 atom stereocenters. The van der Waals surface area contributed by atoms with Gasteiger partial charge >= 0.3 is 0 Å². The van der Waals surface area contributed by atoms with Crippen LogP contribution in [0.15, 0.2) is 30.3 Å². The molecule has 0 aromatic heterocycles. The number of hydrogen-bond acceptors (Lipinski definition) is 0. The van der Waals surface area contributed by atoms with Crippen LogP contribution in [0.25, 0.3) is 0 Å². The van der Waals surface area contributed by atoms with E-state index >= 15 is 0 Å². The highest BCUT2D eigenvalue weighted by molar-refractivity contribution is 7.55. The van der Waals surface area contributed by atoms with Crippen molar-refractivity contribution in [3.8, 4) is 0 Å². The van der Waals surface area contributed by atoms with Crippen molar-refractivity contribution >= 4 is 7.92 Å². The maximum atomic E-state index is 2.37. The topological polar surface area (TPSA) is 0 Å². The van der Waals surface area contributed by atoms with E-state index in [0.717, 1.165) is 0 Å². The zero-order valence-electron chi connectivity index (χ0n) is 10.1. The van der Waals surface area contributed by atoms with Crippen LogP contribution in [-0.4, -0.2) is 19.5 Å². The number of benzene rings is 1. The maximum Gasteiger partial charge on any atom is -0.0279 e. The van der Waals surface area contributed by atoms with E-state index in [1.165, 1.54) is 43.8 Å². The number of rotatable bonds is 7. The molecule has 0 saturated carbocycles. The van der Waals surface area contributed by atoms with Crippen LogP contribution in [0.1, 0.15) is 31.2 Å². The van der Waals surface area contributed by atoms with Crippen molar-refractivity contribution in [1.29, 1.82) is 0 Å². The summed E-state index contributed by atoms with van der Waals surface area (Å²) in [6.45, 7) is 4.75. The van der Waals surface area contributed by atoms with Crippen LogP contribution in [-0.2, 0) is 6.42 Å². The second-order valence-electron chi connectivity index (χ2n) is 4.45. The summed E-state index contributed by atoms with van der Waals surface area (Å²) in [7, 11) is 0.335. The van der Waals surface area contributed by atoms with E-state index < -0.39 is 0 Å². The molecule has 0 radical (unpaired) electrons. The molecule has 1 aromatic rings. The van der Waals surface area contributed by atoms with Gasteiger partial charge in [-0.1, -0.05) is 43.2 Å². The molecule has 0 heterocycles. The minimum absolute atomic E-state index is 0.335. The lowest BCUT2D eigenvalue weighted by molar-refractivity contribution is 0.669. The average molecular weight is 222 g/mol. The Balaban J connectivity index is 1.98. The molecule has 0 unspecified atom stereocenters. The Hall–Kier alpha value is -0.350. The van der Waals surface area contributed by atoms with Crippen molar-refractivity contribution in [1.82, 2.24) is 0 Å². The van der Waals surface area contributed by atoms with E-state index in [4.69, 9.17) is 0 Å². The van der Waals surface area contributed by atoms with Crippen LogP contribution in [0.3, 0.4) is 0 Å². The second kappa shape index (κ2) is 7.88. The summed E-state index contributed by atoms with van der Waals surface area (Å²) in [6.07, 6.45) is 8.34. The summed E-state index contributed by atoms with van der Waals surface area (Å²) in [5.74, 6) is 0. The zero-order chi connectivity index (χ0) is 10.9. The van der Waals surface area contributed by atoms with Gasteiger partial charge in [-0.3, -0.25) is 0 Å². The van der Waals surface area contributed by atoms with Crippen molar-refractivity contribution in [3.63, 3.8) is 0 Å². The fraction of sp³-hybridized carbons (Fsp3) is 0.571. The van der Waals surface area contributed by atoms with Gasteiger partial charge in [0, 0.05) is 0 Å². The minimum Gasteiger partial charge on any atom is -0.113 e. The van der Waals surface area contributed by atoms with E-state index in [9.17, 15) is 0 Å². The highest BCUT2D eigenvalue weighted by Crippen LogP contribution is 2.26. The molecule has 0 nitrogen and oxygen atoms in total. The summed E-state index contributed by atoms with van der Waals surface area (Å²) in [5.41, 5.74) is 1.49. The third kappa shape index (κ3) is 6.68. The maximum absolute atomic E-state index is 2.37. The molecule has 1 heteroatoms. The fourth-order valence-corrected chi connectivity index (χ4v) is 2.61. The van der Waals surface area contributed by atoms with Crippen LogP contribution in [0, 0.1) is 0 Å². The Labute approximate surface area is 95.9 Å². The van der Waals surface area contributed by atoms with Crippen molar-refractivity contribution in [3.05, 3.63) is 35.9 Å². The molecule has 15 heavy (non-hydrogen) atoms. The Morgan fingerprint density at radius 1 is 0.867 bits per heavy atom. The molecule has 0 aliphatic rings. The third-order valence-electron chi connectivity index (χ3n) is 2.66. The molecule has 0 N–H and O–H groups in total. The van der Waals surface area contributed by atoms with Crippen LogP contribution in [0.5, 0.6) is 0 Å². The van der Waals surface area contributed by atoms with Gasteiger partial charge in [-0.2, -0.15) is 0 Å². The zero-order valence-corrected chi connectivity index (χ0v) is 11.0. The minimum atomic E-state index is 0.335. The molecular weight excluding hydrogens is 199 g/mol. The van der Waals surface area contributed by atoms with Crippen LogP contribution in [0.2, 0.25) is 0 Å². The van der Waals surface area contributed by atoms with Gasteiger partial charge in [0.25, 0.3) is 0 Å². The SMILES string of the molecule is CP(C)CCCCCCc1ccccc1. The number of hydrogen-bond donors (Lipinski definition) is 0. The first-order valence-corrected chi connectivity index (χ1v) is 8.40. The standard InChI is InChI=1S/C14H23P/c1-15(2)13-9-4-3-6-10-14-11-7-5-8-12-14/h5,7-8,11-12H,3-4,6,9-10,13H2,1-2H3. The van der Waals surface area contributed by atoms with Gasteiger partial charge in [-0.25, -0.2) is 0 Å². The molecular formula is C14H23P. The molecule has 0 aliphatic carbocycles. The molecule has 0 spiro atoms. The van der Waals surface area contributed by atoms with Crippen LogP contribution in [0.4, 0.5) is 0 Å². The summed E-state index contributed by atoms with van der Waals surface area (Å²) >= 11 is 0. The predicted octanol–water partition coefficient (Wildman–Crippen LogP) is 4.53. The Morgan fingerprint density at radius 2 is 1.53 bits per heavy atom. The van der Waals surface area contributed by atoms with E-state index in [-0.39, 0.29) is 0 Å². The molecule has 84 valence electrons. The molecule has 0 saturated heterocycles. The third-order valence-corrected chi connectivity index (χ3v) is 3.87. The van der Waals surface area contributed by atoms with Gasteiger partial charge < -0.3 is 0 Å². The van der Waals surface area contributed by atoms with E-state index in [0.29, 0.717) is 7.92 Å². The summed E-state index contributed by atoms with van der Waals surface area (Å²) in [6, 6.07) is 10.8. The number of unbranched alkanes of at least 4 members (excludes halogenated alkanes) is 3. The van der Waals surface area contributed by atoms with Crippen molar-refractivity contribution in [2.75, 3.05) is 19.5 Å². The quantitative estimate of drug-likeness (QED) is 0.469. The lowest BCUT2D eigenvalue weighted by Gasteiger charge is -2.05. The lowest BCUT2D eigenvalue weighted by atomic mass is 10.1. The number of aryl methyl sites for hydroxylation is 1. The van der Waals surface area contributed by atoms with Gasteiger partial charge in [0.15, 0.2) is 0 Å². The average Bonchev–Trinajstić information content (AvgIpc) is 2.24. The molecule has 0 fully saturated rings. The molecule has 1 rings (SSSR count). The smallest absolute Gasteiger partial charge is 0.0279 e. The Kier molecular flexibility index (Phi) is 6.68. The summed E-state index contributed by atoms with van der Waals surface area (Å²) < 4.78 is 0. The van der Waals surface area contributed by atoms with Crippen molar-refractivity contribution in [2.45, 2.75) is 32.1 Å². The highest BCUT2D eigenvalue weighted by Gasteiger charge is 1.95. The molecule has 1 aromatic carbocycles.